The Balaban J connectivity index is 2.19. The highest BCUT2D eigenvalue weighted by Crippen LogP contribution is 2.30. The van der Waals surface area contributed by atoms with Crippen molar-refractivity contribution in [2.24, 2.45) is 5.73 Å². The number of aryl methyl sites for hydroxylation is 1. The van der Waals surface area contributed by atoms with Crippen LogP contribution in [0.1, 0.15) is 17.2 Å². The zero-order chi connectivity index (χ0) is 12.3. The van der Waals surface area contributed by atoms with Crippen molar-refractivity contribution in [3.8, 4) is 5.75 Å². The highest BCUT2D eigenvalue weighted by Gasteiger charge is 2.13. The lowest BCUT2D eigenvalue weighted by atomic mass is 10.2. The lowest BCUT2D eigenvalue weighted by molar-refractivity contribution is 0.215. The molecule has 1 aromatic heterocycles. The first kappa shape index (κ1) is 12.4. The van der Waals surface area contributed by atoms with Crippen molar-refractivity contribution in [2.75, 3.05) is 6.54 Å². The molecule has 0 aliphatic carbocycles. The molecule has 1 heterocycles. The van der Waals surface area contributed by atoms with E-state index in [1.54, 1.807) is 11.3 Å². The molecule has 2 rings (SSSR count). The number of hydrogen-bond acceptors (Lipinski definition) is 3. The summed E-state index contributed by atoms with van der Waals surface area (Å²) >= 11 is 7.76. The molecule has 1 unspecified atom stereocenters. The quantitative estimate of drug-likeness (QED) is 0.915. The van der Waals surface area contributed by atoms with E-state index in [-0.39, 0.29) is 6.10 Å². The largest absolute Gasteiger partial charge is 0.483 e. The van der Waals surface area contributed by atoms with E-state index >= 15 is 0 Å². The molecular weight excluding hydrogens is 254 g/mol. The second kappa shape index (κ2) is 5.54. The van der Waals surface area contributed by atoms with Gasteiger partial charge in [-0.15, -0.1) is 0 Å². The molecule has 0 bridgehead atoms. The molecule has 0 aliphatic heterocycles. The fourth-order valence-electron chi connectivity index (χ4n) is 1.57. The zero-order valence-electron chi connectivity index (χ0n) is 9.52. The average molecular weight is 268 g/mol. The third-order valence-electron chi connectivity index (χ3n) is 2.49. The van der Waals surface area contributed by atoms with Crippen molar-refractivity contribution in [3.63, 3.8) is 0 Å². The minimum Gasteiger partial charge on any atom is -0.483 e. The van der Waals surface area contributed by atoms with E-state index in [9.17, 15) is 0 Å². The summed E-state index contributed by atoms with van der Waals surface area (Å²) in [4.78, 5) is 0. The summed E-state index contributed by atoms with van der Waals surface area (Å²) < 4.78 is 5.84. The number of benzene rings is 1. The summed E-state index contributed by atoms with van der Waals surface area (Å²) in [5.74, 6) is 0.680. The minimum atomic E-state index is -0.138. The van der Waals surface area contributed by atoms with Gasteiger partial charge in [-0.05, 0) is 41.4 Å². The molecule has 0 spiro atoms. The summed E-state index contributed by atoms with van der Waals surface area (Å²) in [6.07, 6.45) is -0.138. The Hall–Kier alpha value is -1.03. The highest BCUT2D eigenvalue weighted by molar-refractivity contribution is 7.07. The molecule has 90 valence electrons. The van der Waals surface area contributed by atoms with Crippen LogP contribution in [0.2, 0.25) is 5.02 Å². The van der Waals surface area contributed by atoms with Gasteiger partial charge in [-0.25, -0.2) is 0 Å². The van der Waals surface area contributed by atoms with E-state index in [2.05, 4.69) is 0 Å². The van der Waals surface area contributed by atoms with Crippen LogP contribution < -0.4 is 10.5 Å². The predicted molar refractivity (Wildman–Crippen MR) is 72.9 cm³/mol. The molecule has 0 radical (unpaired) electrons. The number of halogens is 1. The fraction of sp³-hybridized carbons (Fsp3) is 0.231. The van der Waals surface area contributed by atoms with Crippen molar-refractivity contribution in [1.29, 1.82) is 0 Å². The van der Waals surface area contributed by atoms with Crippen LogP contribution in [0, 0.1) is 6.92 Å². The molecule has 2 aromatic rings. The van der Waals surface area contributed by atoms with Crippen LogP contribution in [0.5, 0.6) is 5.75 Å². The molecule has 1 aromatic carbocycles. The Morgan fingerprint density at radius 3 is 2.82 bits per heavy atom. The molecule has 0 aliphatic rings. The van der Waals surface area contributed by atoms with Gasteiger partial charge in [0, 0.05) is 12.1 Å². The Morgan fingerprint density at radius 1 is 1.41 bits per heavy atom. The van der Waals surface area contributed by atoms with Gasteiger partial charge in [0.05, 0.1) is 5.02 Å². The topological polar surface area (TPSA) is 35.2 Å². The SMILES string of the molecule is Cc1ccc(OC(CN)c2ccsc2)c(Cl)c1. The number of thiophene rings is 1. The van der Waals surface area contributed by atoms with E-state index in [0.717, 1.165) is 11.1 Å². The summed E-state index contributed by atoms with van der Waals surface area (Å²) in [5.41, 5.74) is 7.93. The lowest BCUT2D eigenvalue weighted by Gasteiger charge is -2.17. The van der Waals surface area contributed by atoms with Crippen molar-refractivity contribution >= 4 is 22.9 Å². The standard InChI is InChI=1S/C13H14ClNOS/c1-9-2-3-12(11(14)6-9)16-13(7-15)10-4-5-17-8-10/h2-6,8,13H,7,15H2,1H3. The van der Waals surface area contributed by atoms with Gasteiger partial charge in [0.1, 0.15) is 11.9 Å². The molecule has 1 atom stereocenters. The molecule has 17 heavy (non-hydrogen) atoms. The summed E-state index contributed by atoms with van der Waals surface area (Å²) in [6.45, 7) is 2.43. The van der Waals surface area contributed by atoms with Gasteiger partial charge >= 0.3 is 0 Å². The molecule has 2 N–H and O–H groups in total. The van der Waals surface area contributed by atoms with Gasteiger partial charge in [-0.2, -0.15) is 11.3 Å². The van der Waals surface area contributed by atoms with Crippen molar-refractivity contribution < 1.29 is 4.74 Å². The van der Waals surface area contributed by atoms with E-state index in [1.165, 1.54) is 0 Å². The van der Waals surface area contributed by atoms with Crippen LogP contribution in [0.4, 0.5) is 0 Å². The van der Waals surface area contributed by atoms with E-state index < -0.39 is 0 Å². The average Bonchev–Trinajstić information content (AvgIpc) is 2.81. The summed E-state index contributed by atoms with van der Waals surface area (Å²) in [6, 6.07) is 7.76. The number of nitrogens with two attached hydrogens (primary N) is 1. The third-order valence-corrected chi connectivity index (χ3v) is 3.48. The van der Waals surface area contributed by atoms with Gasteiger partial charge < -0.3 is 10.5 Å². The van der Waals surface area contributed by atoms with Crippen molar-refractivity contribution in [2.45, 2.75) is 13.0 Å². The fourth-order valence-corrected chi connectivity index (χ4v) is 2.55. The first-order chi connectivity index (χ1) is 8.20. The smallest absolute Gasteiger partial charge is 0.138 e. The molecular formula is C13H14ClNOS. The first-order valence-electron chi connectivity index (χ1n) is 5.35. The molecule has 4 heteroatoms. The van der Waals surface area contributed by atoms with Crippen molar-refractivity contribution in [1.82, 2.24) is 0 Å². The van der Waals surface area contributed by atoms with Crippen LogP contribution in [0.15, 0.2) is 35.0 Å². The Labute approximate surface area is 110 Å². The summed E-state index contributed by atoms with van der Waals surface area (Å²) in [5, 5.41) is 4.68. The zero-order valence-corrected chi connectivity index (χ0v) is 11.1. The molecule has 0 fully saturated rings. The van der Waals surface area contributed by atoms with Gasteiger partial charge in [0.15, 0.2) is 0 Å². The molecule has 0 amide bonds. The molecule has 0 saturated carbocycles. The van der Waals surface area contributed by atoms with Crippen LogP contribution in [0.3, 0.4) is 0 Å². The molecule has 0 saturated heterocycles. The monoisotopic (exact) mass is 267 g/mol. The molecule has 2 nitrogen and oxygen atoms in total. The van der Waals surface area contributed by atoms with Gasteiger partial charge in [-0.1, -0.05) is 17.7 Å². The normalized spacial score (nSPS) is 12.4. The Morgan fingerprint density at radius 2 is 2.24 bits per heavy atom. The maximum absolute atomic E-state index is 6.13. The lowest BCUT2D eigenvalue weighted by Crippen LogP contribution is -2.17. The van der Waals surface area contributed by atoms with Crippen LogP contribution in [-0.4, -0.2) is 6.54 Å². The van der Waals surface area contributed by atoms with Gasteiger partial charge in [0.25, 0.3) is 0 Å². The van der Waals surface area contributed by atoms with Crippen LogP contribution >= 0.6 is 22.9 Å². The van der Waals surface area contributed by atoms with Gasteiger partial charge in [0.2, 0.25) is 0 Å². The first-order valence-corrected chi connectivity index (χ1v) is 6.67. The third kappa shape index (κ3) is 3.00. The number of rotatable bonds is 4. The summed E-state index contributed by atoms with van der Waals surface area (Å²) in [7, 11) is 0. The van der Waals surface area contributed by atoms with Gasteiger partial charge in [-0.3, -0.25) is 0 Å². The minimum absolute atomic E-state index is 0.138. The second-order valence-corrected chi connectivity index (χ2v) is 5.02. The van der Waals surface area contributed by atoms with Crippen molar-refractivity contribution in [3.05, 3.63) is 51.2 Å². The van der Waals surface area contributed by atoms with Crippen LogP contribution in [0.25, 0.3) is 0 Å². The maximum atomic E-state index is 6.13. The maximum Gasteiger partial charge on any atom is 0.138 e. The Kier molecular flexibility index (Phi) is 4.05. The predicted octanol–water partition coefficient (Wildman–Crippen LogP) is 3.79. The number of ether oxygens (including phenoxy) is 1. The highest BCUT2D eigenvalue weighted by atomic mass is 35.5. The Bertz CT molecular complexity index is 484. The van der Waals surface area contributed by atoms with E-state index in [4.69, 9.17) is 22.1 Å². The van der Waals surface area contributed by atoms with Crippen LogP contribution in [-0.2, 0) is 0 Å². The van der Waals surface area contributed by atoms with E-state index in [1.807, 2.05) is 41.9 Å². The number of hydrogen-bond donors (Lipinski definition) is 1. The van der Waals surface area contributed by atoms with E-state index in [0.29, 0.717) is 17.3 Å². The second-order valence-electron chi connectivity index (χ2n) is 3.83.